The number of hydrogen-bond acceptors (Lipinski definition) is 15. The maximum absolute atomic E-state index is 13.1. The minimum absolute atomic E-state index is 0.102. The number of ether oxygens (including phenoxy) is 4. The van der Waals surface area contributed by atoms with Gasteiger partial charge in [0.2, 0.25) is 0 Å². The normalized spacial score (nSPS) is 15.0. The van der Waals surface area contributed by atoms with Crippen LogP contribution in [0.25, 0.3) is 0 Å². The zero-order valence-electron chi connectivity index (χ0n) is 60.7. The third-order valence-electron chi connectivity index (χ3n) is 18.2. The van der Waals surface area contributed by atoms with Crippen LogP contribution in [-0.2, 0) is 65.4 Å². The standard InChI is InChI=1S/C74H144O17P2/c1-8-12-13-14-31-41-48-55-71(76)84-61-70(91-74(79)58-51-44-37-36-40-47-54-67(7)11-4)64-89-93(82,83)87-60-68(75)59-86-92(80,81)88-63-69(62-85-72(77)56-49-42-34-29-26-25-28-33-39-46-53-66(6)10-3)90-73(78)57-50-43-35-30-24-22-20-18-16-15-17-19-21-23-27-32-38-45-52-65(5)9-2/h65-70,75H,8-64H2,1-7H3,(H,80,81)(H,82,83)/t65?,66?,67?,68-,69-,70-/m1/s1. The first-order chi connectivity index (χ1) is 44.8. The molecule has 0 aromatic heterocycles. The van der Waals surface area contributed by atoms with Crippen LogP contribution in [0.3, 0.4) is 0 Å². The molecule has 3 N–H and O–H groups in total. The first kappa shape index (κ1) is 91.1. The van der Waals surface area contributed by atoms with Crippen LogP contribution in [0.1, 0.15) is 376 Å². The second kappa shape index (κ2) is 64.7. The molecule has 0 bridgehead atoms. The lowest BCUT2D eigenvalue weighted by Crippen LogP contribution is -2.30. The quantitative estimate of drug-likeness (QED) is 0.0222. The van der Waals surface area contributed by atoms with Crippen molar-refractivity contribution >= 4 is 39.5 Å². The fourth-order valence-corrected chi connectivity index (χ4v) is 12.7. The van der Waals surface area contributed by atoms with E-state index in [2.05, 4.69) is 48.5 Å². The van der Waals surface area contributed by atoms with Crippen molar-refractivity contribution in [2.45, 2.75) is 394 Å². The van der Waals surface area contributed by atoms with Gasteiger partial charge in [0, 0.05) is 25.7 Å². The Kier molecular flexibility index (Phi) is 63.4. The lowest BCUT2D eigenvalue weighted by atomic mass is 9.99. The SMILES string of the molecule is CCCCCCCCCC(=O)OC[C@H](COP(=O)(O)OC[C@H](O)COP(=O)(O)OC[C@@H](COC(=O)CCCCCCCCCCCCC(C)CC)OC(=O)CCCCCCCCCCCCCCCCCCCCC(C)CC)OC(=O)CCCCCCCCC(C)CC. The molecule has 19 heteroatoms. The number of unbranched alkanes of at least 4 members (excludes halogenated alkanes) is 37. The summed E-state index contributed by atoms with van der Waals surface area (Å²) in [6, 6.07) is 0. The molecule has 0 amide bonds. The Labute approximate surface area is 568 Å². The summed E-state index contributed by atoms with van der Waals surface area (Å²) in [5, 5.41) is 10.6. The van der Waals surface area contributed by atoms with Crippen molar-refractivity contribution in [3.63, 3.8) is 0 Å². The minimum atomic E-state index is -4.96. The van der Waals surface area contributed by atoms with Gasteiger partial charge in [-0.15, -0.1) is 0 Å². The van der Waals surface area contributed by atoms with Crippen molar-refractivity contribution in [1.82, 2.24) is 0 Å². The van der Waals surface area contributed by atoms with E-state index in [9.17, 15) is 43.2 Å². The Hall–Kier alpha value is -1.94. The van der Waals surface area contributed by atoms with E-state index >= 15 is 0 Å². The number of hydrogen-bond donors (Lipinski definition) is 3. The lowest BCUT2D eigenvalue weighted by molar-refractivity contribution is -0.161. The molecular weight excluding hydrogens is 1220 g/mol. The molecule has 0 spiro atoms. The summed E-state index contributed by atoms with van der Waals surface area (Å²) in [6.45, 7) is 11.9. The largest absolute Gasteiger partial charge is 0.472 e. The molecule has 0 aromatic carbocycles. The Balaban J connectivity index is 5.15. The number of phosphoric acid groups is 2. The van der Waals surface area contributed by atoms with Crippen LogP contribution in [0.4, 0.5) is 0 Å². The van der Waals surface area contributed by atoms with Crippen LogP contribution in [0.15, 0.2) is 0 Å². The molecule has 0 radical (unpaired) electrons. The van der Waals surface area contributed by atoms with E-state index in [1.165, 1.54) is 173 Å². The number of carbonyl (C=O) groups is 4. The monoisotopic (exact) mass is 1370 g/mol. The molecule has 0 aliphatic rings. The Bertz CT molecular complexity index is 1820. The highest BCUT2D eigenvalue weighted by Gasteiger charge is 2.30. The van der Waals surface area contributed by atoms with Gasteiger partial charge in [-0.2, -0.15) is 0 Å². The van der Waals surface area contributed by atoms with Crippen molar-refractivity contribution in [3.8, 4) is 0 Å². The summed E-state index contributed by atoms with van der Waals surface area (Å²) in [4.78, 5) is 72.5. The third kappa shape index (κ3) is 64.5. The van der Waals surface area contributed by atoms with Gasteiger partial charge in [0.25, 0.3) is 0 Å². The topological polar surface area (TPSA) is 237 Å². The summed E-state index contributed by atoms with van der Waals surface area (Å²) >= 11 is 0. The maximum Gasteiger partial charge on any atom is 0.472 e. The number of phosphoric ester groups is 2. The number of carbonyl (C=O) groups excluding carboxylic acids is 4. The number of esters is 4. The Morgan fingerprint density at radius 2 is 0.516 bits per heavy atom. The molecule has 0 saturated carbocycles. The van der Waals surface area contributed by atoms with Crippen LogP contribution in [0.5, 0.6) is 0 Å². The first-order valence-corrected chi connectivity index (χ1v) is 41.5. The van der Waals surface area contributed by atoms with E-state index < -0.39 is 97.5 Å². The van der Waals surface area contributed by atoms with Gasteiger partial charge >= 0.3 is 39.5 Å². The van der Waals surface area contributed by atoms with Gasteiger partial charge in [-0.05, 0) is 43.4 Å². The van der Waals surface area contributed by atoms with Crippen LogP contribution >= 0.6 is 15.6 Å². The number of aliphatic hydroxyl groups is 1. The van der Waals surface area contributed by atoms with Crippen LogP contribution in [0.2, 0.25) is 0 Å². The Morgan fingerprint density at radius 3 is 0.763 bits per heavy atom. The van der Waals surface area contributed by atoms with E-state index in [0.717, 1.165) is 120 Å². The summed E-state index contributed by atoms with van der Waals surface area (Å²) in [7, 11) is -9.90. The van der Waals surface area contributed by atoms with E-state index in [1.807, 2.05) is 0 Å². The molecule has 5 unspecified atom stereocenters. The molecule has 0 aliphatic carbocycles. The van der Waals surface area contributed by atoms with Crippen LogP contribution < -0.4 is 0 Å². The lowest BCUT2D eigenvalue weighted by Gasteiger charge is -2.21. The van der Waals surface area contributed by atoms with Crippen molar-refractivity contribution in [2.24, 2.45) is 17.8 Å². The smallest absolute Gasteiger partial charge is 0.462 e. The van der Waals surface area contributed by atoms with E-state index in [0.29, 0.717) is 25.7 Å². The summed E-state index contributed by atoms with van der Waals surface area (Å²) in [6.07, 6.45) is 50.2. The summed E-state index contributed by atoms with van der Waals surface area (Å²) in [5.41, 5.74) is 0. The Morgan fingerprint density at radius 1 is 0.301 bits per heavy atom. The zero-order valence-corrected chi connectivity index (χ0v) is 62.5. The van der Waals surface area contributed by atoms with E-state index in [4.69, 9.17) is 37.0 Å². The highest BCUT2D eigenvalue weighted by atomic mass is 31.2. The molecule has 8 atom stereocenters. The fraction of sp³-hybridized carbons (Fsp3) is 0.946. The van der Waals surface area contributed by atoms with Crippen molar-refractivity contribution in [1.29, 1.82) is 0 Å². The van der Waals surface area contributed by atoms with Gasteiger partial charge in [-0.1, -0.05) is 325 Å². The molecule has 17 nitrogen and oxygen atoms in total. The average Bonchev–Trinajstić information content (AvgIpc) is 2.40. The first-order valence-electron chi connectivity index (χ1n) is 38.5. The fourth-order valence-electron chi connectivity index (χ4n) is 11.2. The second-order valence-corrected chi connectivity index (χ2v) is 30.3. The number of aliphatic hydroxyl groups excluding tert-OH is 1. The van der Waals surface area contributed by atoms with Gasteiger partial charge in [0.15, 0.2) is 12.2 Å². The average molecular weight is 1370 g/mol. The second-order valence-electron chi connectivity index (χ2n) is 27.4. The molecule has 0 fully saturated rings. The predicted molar refractivity (Wildman–Crippen MR) is 377 cm³/mol. The maximum atomic E-state index is 13.1. The van der Waals surface area contributed by atoms with Crippen molar-refractivity contribution in [3.05, 3.63) is 0 Å². The molecule has 0 aliphatic heterocycles. The van der Waals surface area contributed by atoms with E-state index in [1.54, 1.807) is 0 Å². The van der Waals surface area contributed by atoms with Gasteiger partial charge in [-0.25, -0.2) is 9.13 Å². The van der Waals surface area contributed by atoms with Crippen LogP contribution in [0, 0.1) is 17.8 Å². The van der Waals surface area contributed by atoms with Crippen molar-refractivity contribution < 1.29 is 80.2 Å². The minimum Gasteiger partial charge on any atom is -0.462 e. The molecular formula is C74H144O17P2. The molecule has 0 aromatic rings. The molecule has 0 saturated heterocycles. The van der Waals surface area contributed by atoms with E-state index in [-0.39, 0.29) is 25.7 Å². The molecule has 0 heterocycles. The van der Waals surface area contributed by atoms with Crippen molar-refractivity contribution in [2.75, 3.05) is 39.6 Å². The van der Waals surface area contributed by atoms with Gasteiger partial charge in [0.1, 0.15) is 19.3 Å². The van der Waals surface area contributed by atoms with Gasteiger partial charge in [0.05, 0.1) is 26.4 Å². The van der Waals surface area contributed by atoms with Crippen LogP contribution in [-0.4, -0.2) is 96.7 Å². The molecule has 0 rings (SSSR count). The zero-order chi connectivity index (χ0) is 68.7. The summed E-state index contributed by atoms with van der Waals surface area (Å²) < 4.78 is 68.3. The summed E-state index contributed by atoms with van der Waals surface area (Å²) in [5.74, 6) is 0.272. The highest BCUT2D eigenvalue weighted by molar-refractivity contribution is 7.47. The molecule has 552 valence electrons. The highest BCUT2D eigenvalue weighted by Crippen LogP contribution is 2.45. The van der Waals surface area contributed by atoms with Gasteiger partial charge in [-0.3, -0.25) is 37.3 Å². The predicted octanol–water partition coefficient (Wildman–Crippen LogP) is 21.4. The molecule has 93 heavy (non-hydrogen) atoms. The third-order valence-corrected chi connectivity index (χ3v) is 20.1. The van der Waals surface area contributed by atoms with Gasteiger partial charge < -0.3 is 33.8 Å². The number of rotatable bonds is 72.